The third kappa shape index (κ3) is 6.60. The van der Waals surface area contributed by atoms with Gasteiger partial charge >= 0.3 is 0 Å². The first-order chi connectivity index (χ1) is 14.6. The SMILES string of the molecule is OC[C@@H]1CN(Cc2ccccc2)C[C@H]1O.OC[C@H]1CN(Cc2ccccc2)C[C@@H]1O. The third-order valence-electron chi connectivity index (χ3n) is 5.93. The van der Waals surface area contributed by atoms with E-state index < -0.39 is 0 Å². The van der Waals surface area contributed by atoms with E-state index in [2.05, 4.69) is 34.1 Å². The van der Waals surface area contributed by atoms with E-state index in [1.165, 1.54) is 11.1 Å². The Morgan fingerprint density at radius 1 is 0.600 bits per heavy atom. The van der Waals surface area contributed by atoms with Gasteiger partial charge in [0.05, 0.1) is 12.2 Å². The Balaban J connectivity index is 0.000000171. The van der Waals surface area contributed by atoms with Gasteiger partial charge in [-0.25, -0.2) is 0 Å². The zero-order chi connectivity index (χ0) is 21.3. The molecule has 0 unspecified atom stereocenters. The van der Waals surface area contributed by atoms with Gasteiger partial charge in [0.15, 0.2) is 0 Å². The summed E-state index contributed by atoms with van der Waals surface area (Å²) in [7, 11) is 0. The van der Waals surface area contributed by atoms with Crippen molar-refractivity contribution in [1.82, 2.24) is 9.80 Å². The second-order valence-corrected chi connectivity index (χ2v) is 8.38. The zero-order valence-electron chi connectivity index (χ0n) is 17.4. The predicted molar refractivity (Wildman–Crippen MR) is 117 cm³/mol. The van der Waals surface area contributed by atoms with Gasteiger partial charge < -0.3 is 20.4 Å². The minimum Gasteiger partial charge on any atom is -0.396 e. The van der Waals surface area contributed by atoms with Crippen LogP contribution in [0.25, 0.3) is 0 Å². The van der Waals surface area contributed by atoms with Gasteiger partial charge in [0.1, 0.15) is 0 Å². The molecule has 30 heavy (non-hydrogen) atoms. The van der Waals surface area contributed by atoms with E-state index in [0.29, 0.717) is 13.1 Å². The van der Waals surface area contributed by atoms with Crippen LogP contribution in [0.1, 0.15) is 11.1 Å². The zero-order valence-corrected chi connectivity index (χ0v) is 17.4. The number of rotatable bonds is 6. The van der Waals surface area contributed by atoms with Crippen LogP contribution < -0.4 is 0 Å². The standard InChI is InChI=1S/2C12H17NO2/c2*14-9-11-7-13(8-12(11)15)6-10-4-2-1-3-5-10/h2*1-5,11-12,14-15H,6-9H2/t2*11-,12+/m10/s1. The maximum Gasteiger partial charge on any atom is 0.0729 e. The second kappa shape index (κ2) is 11.6. The summed E-state index contributed by atoms with van der Waals surface area (Å²) in [4.78, 5) is 4.36. The van der Waals surface area contributed by atoms with Gasteiger partial charge in [0, 0.05) is 64.3 Å². The normalized spacial score (nSPS) is 27.1. The smallest absolute Gasteiger partial charge is 0.0729 e. The van der Waals surface area contributed by atoms with Crippen molar-refractivity contribution in [2.24, 2.45) is 11.8 Å². The first-order valence-corrected chi connectivity index (χ1v) is 10.7. The van der Waals surface area contributed by atoms with Crippen LogP contribution in [0.2, 0.25) is 0 Å². The molecule has 2 aromatic carbocycles. The minimum atomic E-state index is -0.376. The number of nitrogens with zero attached hydrogens (tertiary/aromatic N) is 2. The van der Waals surface area contributed by atoms with E-state index in [9.17, 15) is 10.2 Å². The molecular formula is C24H34N2O4. The lowest BCUT2D eigenvalue weighted by atomic mass is 10.1. The van der Waals surface area contributed by atoms with Crippen molar-refractivity contribution in [3.05, 3.63) is 71.8 Å². The van der Waals surface area contributed by atoms with E-state index >= 15 is 0 Å². The molecule has 4 N–H and O–H groups in total. The van der Waals surface area contributed by atoms with Gasteiger partial charge in [-0.1, -0.05) is 60.7 Å². The molecule has 6 heteroatoms. The van der Waals surface area contributed by atoms with Crippen LogP contribution in [-0.4, -0.2) is 81.8 Å². The summed E-state index contributed by atoms with van der Waals surface area (Å²) in [5.74, 6) is 0.0439. The van der Waals surface area contributed by atoms with Crippen molar-refractivity contribution in [2.75, 3.05) is 39.4 Å². The topological polar surface area (TPSA) is 87.4 Å². The lowest BCUT2D eigenvalue weighted by Gasteiger charge is -2.14. The molecule has 2 aliphatic heterocycles. The summed E-state index contributed by atoms with van der Waals surface area (Å²) in [6.07, 6.45) is -0.752. The average Bonchev–Trinajstić information content (AvgIpc) is 3.30. The molecule has 0 radical (unpaired) electrons. The Kier molecular flexibility index (Phi) is 8.81. The van der Waals surface area contributed by atoms with Crippen LogP contribution in [0.15, 0.2) is 60.7 Å². The predicted octanol–water partition coefficient (Wildman–Crippen LogP) is 0.943. The second-order valence-electron chi connectivity index (χ2n) is 8.38. The molecule has 2 aliphatic rings. The van der Waals surface area contributed by atoms with E-state index in [0.717, 1.165) is 26.2 Å². The van der Waals surface area contributed by atoms with Crippen molar-refractivity contribution >= 4 is 0 Å². The number of hydrogen-bond donors (Lipinski definition) is 4. The number of benzene rings is 2. The van der Waals surface area contributed by atoms with Gasteiger partial charge in [-0.05, 0) is 11.1 Å². The van der Waals surface area contributed by atoms with Crippen LogP contribution in [0, 0.1) is 11.8 Å². The Bertz CT molecular complexity index is 667. The van der Waals surface area contributed by atoms with Crippen molar-refractivity contribution < 1.29 is 20.4 Å². The molecule has 2 heterocycles. The number of likely N-dealkylation sites (tertiary alicyclic amines) is 2. The first-order valence-electron chi connectivity index (χ1n) is 10.7. The maximum absolute atomic E-state index is 9.64. The number of hydrogen-bond acceptors (Lipinski definition) is 6. The molecule has 6 nitrogen and oxygen atoms in total. The molecule has 2 fully saturated rings. The highest BCUT2D eigenvalue weighted by Gasteiger charge is 2.31. The number of aliphatic hydroxyl groups excluding tert-OH is 4. The van der Waals surface area contributed by atoms with E-state index in [-0.39, 0.29) is 37.3 Å². The van der Waals surface area contributed by atoms with Gasteiger partial charge in [0.2, 0.25) is 0 Å². The molecule has 164 valence electrons. The maximum atomic E-state index is 9.64. The summed E-state index contributed by atoms with van der Waals surface area (Å²) in [5, 5.41) is 37.3. The summed E-state index contributed by atoms with van der Waals surface area (Å²) in [5.41, 5.74) is 2.51. The lowest BCUT2D eigenvalue weighted by Crippen LogP contribution is -2.21. The molecule has 0 spiro atoms. The fourth-order valence-electron chi connectivity index (χ4n) is 4.18. The van der Waals surface area contributed by atoms with E-state index in [4.69, 9.17) is 10.2 Å². The fourth-order valence-corrected chi connectivity index (χ4v) is 4.18. The van der Waals surface area contributed by atoms with Crippen LogP contribution in [0.5, 0.6) is 0 Å². The largest absolute Gasteiger partial charge is 0.396 e. The van der Waals surface area contributed by atoms with Crippen LogP contribution in [0.3, 0.4) is 0 Å². The van der Waals surface area contributed by atoms with Crippen LogP contribution >= 0.6 is 0 Å². The quantitative estimate of drug-likeness (QED) is 0.563. The third-order valence-corrected chi connectivity index (χ3v) is 5.93. The van der Waals surface area contributed by atoms with Gasteiger partial charge in [-0.3, -0.25) is 9.80 Å². The van der Waals surface area contributed by atoms with Gasteiger partial charge in [0.25, 0.3) is 0 Å². The highest BCUT2D eigenvalue weighted by molar-refractivity contribution is 5.15. The molecule has 0 saturated carbocycles. The average molecular weight is 415 g/mol. The summed E-state index contributed by atoms with van der Waals surface area (Å²) < 4.78 is 0. The Hall–Kier alpha value is -1.80. The highest BCUT2D eigenvalue weighted by Crippen LogP contribution is 2.19. The Morgan fingerprint density at radius 2 is 0.967 bits per heavy atom. The molecule has 4 atom stereocenters. The summed E-state index contributed by atoms with van der Waals surface area (Å²) >= 11 is 0. The van der Waals surface area contributed by atoms with Crippen molar-refractivity contribution in [3.8, 4) is 0 Å². The van der Waals surface area contributed by atoms with Crippen molar-refractivity contribution in [1.29, 1.82) is 0 Å². The molecule has 0 aliphatic carbocycles. The minimum absolute atomic E-state index is 0.0220. The Morgan fingerprint density at radius 3 is 1.27 bits per heavy atom. The molecule has 0 aromatic heterocycles. The highest BCUT2D eigenvalue weighted by atomic mass is 16.3. The van der Waals surface area contributed by atoms with Crippen molar-refractivity contribution in [3.63, 3.8) is 0 Å². The lowest BCUT2D eigenvalue weighted by molar-refractivity contribution is 0.102. The first kappa shape index (κ1) is 22.9. The monoisotopic (exact) mass is 414 g/mol. The molecular weight excluding hydrogens is 380 g/mol. The fraction of sp³-hybridized carbons (Fsp3) is 0.500. The molecule has 4 rings (SSSR count). The molecule has 0 bridgehead atoms. The van der Waals surface area contributed by atoms with E-state index in [1.54, 1.807) is 0 Å². The van der Waals surface area contributed by atoms with Crippen molar-refractivity contribution in [2.45, 2.75) is 25.3 Å². The number of β-amino-alcohol motifs (C(OH)–C–C–N with tert-alkyl or cyclic N) is 2. The molecule has 0 amide bonds. The van der Waals surface area contributed by atoms with E-state index in [1.807, 2.05) is 36.4 Å². The van der Waals surface area contributed by atoms with Gasteiger partial charge in [-0.15, -0.1) is 0 Å². The number of aliphatic hydroxyl groups is 4. The summed E-state index contributed by atoms with van der Waals surface area (Å²) in [6, 6.07) is 20.4. The molecule has 2 aromatic rings. The molecule has 2 saturated heterocycles. The van der Waals surface area contributed by atoms with Crippen LogP contribution in [-0.2, 0) is 13.1 Å². The summed E-state index contributed by atoms with van der Waals surface area (Å²) in [6.45, 7) is 4.76. The van der Waals surface area contributed by atoms with Gasteiger partial charge in [-0.2, -0.15) is 0 Å². The Labute approximate surface area is 179 Å². The van der Waals surface area contributed by atoms with Crippen LogP contribution in [0.4, 0.5) is 0 Å².